The molecule has 0 atom stereocenters. The topological polar surface area (TPSA) is 85.6 Å². The second-order valence-corrected chi connectivity index (χ2v) is 5.60. The van der Waals surface area contributed by atoms with E-state index in [9.17, 15) is 0 Å². The minimum absolute atomic E-state index is 0.287. The second-order valence-electron chi connectivity index (χ2n) is 5.60. The Balaban J connectivity index is 1.55. The molecule has 1 aliphatic rings. The highest BCUT2D eigenvalue weighted by molar-refractivity contribution is 5.79. The quantitative estimate of drug-likeness (QED) is 0.582. The molecule has 134 valence electrons. The van der Waals surface area contributed by atoms with Gasteiger partial charge in [0.2, 0.25) is 6.79 Å². The molecule has 0 saturated carbocycles. The number of nitrogens with one attached hydrogen (secondary N) is 2. The first-order valence-corrected chi connectivity index (χ1v) is 8.57. The lowest BCUT2D eigenvalue weighted by atomic mass is 10.2. The number of rotatable bonds is 7. The van der Waals surface area contributed by atoms with E-state index in [1.165, 1.54) is 0 Å². The van der Waals surface area contributed by atoms with E-state index in [2.05, 4.69) is 37.3 Å². The summed E-state index contributed by atoms with van der Waals surface area (Å²) in [5.41, 5.74) is 1.08. The molecule has 0 saturated heterocycles. The minimum Gasteiger partial charge on any atom is -0.454 e. The van der Waals surface area contributed by atoms with Crippen molar-refractivity contribution in [3.05, 3.63) is 35.9 Å². The number of hydrogen-bond acceptors (Lipinski definition) is 5. The van der Waals surface area contributed by atoms with Gasteiger partial charge in [0.05, 0.1) is 6.54 Å². The highest BCUT2D eigenvalue weighted by Gasteiger charge is 2.13. The van der Waals surface area contributed by atoms with Gasteiger partial charge in [0.25, 0.3) is 0 Å². The summed E-state index contributed by atoms with van der Waals surface area (Å²) in [5.74, 6) is 3.35. The van der Waals surface area contributed by atoms with Crippen LogP contribution in [0.15, 0.2) is 29.5 Å². The maximum absolute atomic E-state index is 5.40. The van der Waals surface area contributed by atoms with Crippen LogP contribution in [0.4, 0.5) is 0 Å². The van der Waals surface area contributed by atoms with Gasteiger partial charge in [0.1, 0.15) is 12.2 Å². The van der Waals surface area contributed by atoms with Crippen molar-refractivity contribution in [2.75, 3.05) is 19.9 Å². The smallest absolute Gasteiger partial charge is 0.231 e. The van der Waals surface area contributed by atoms with Gasteiger partial charge in [-0.15, -0.1) is 10.2 Å². The summed E-state index contributed by atoms with van der Waals surface area (Å²) in [6.45, 7) is 7.33. The summed E-state index contributed by atoms with van der Waals surface area (Å²) in [5, 5.41) is 14.6. The minimum atomic E-state index is 0.287. The average Bonchev–Trinajstić information content (AvgIpc) is 3.27. The van der Waals surface area contributed by atoms with Crippen molar-refractivity contribution in [2.45, 2.75) is 33.4 Å². The third-order valence-corrected chi connectivity index (χ3v) is 3.86. The zero-order chi connectivity index (χ0) is 17.5. The van der Waals surface area contributed by atoms with Crippen molar-refractivity contribution in [3.63, 3.8) is 0 Å². The number of hydrogen-bond donors (Lipinski definition) is 2. The Morgan fingerprint density at radius 3 is 2.96 bits per heavy atom. The molecule has 0 amide bonds. The van der Waals surface area contributed by atoms with Gasteiger partial charge >= 0.3 is 0 Å². The van der Waals surface area contributed by atoms with Gasteiger partial charge in [-0.3, -0.25) is 0 Å². The first kappa shape index (κ1) is 17.1. The highest BCUT2D eigenvalue weighted by Crippen LogP contribution is 2.32. The maximum Gasteiger partial charge on any atom is 0.231 e. The molecule has 2 N–H and O–H groups in total. The van der Waals surface area contributed by atoms with Crippen LogP contribution in [-0.4, -0.2) is 40.6 Å². The van der Waals surface area contributed by atoms with Crippen LogP contribution in [0.2, 0.25) is 0 Å². The summed E-state index contributed by atoms with van der Waals surface area (Å²) in [6, 6.07) is 5.90. The van der Waals surface area contributed by atoms with Gasteiger partial charge in [-0.2, -0.15) is 0 Å². The van der Waals surface area contributed by atoms with Gasteiger partial charge < -0.3 is 24.7 Å². The molecule has 0 bridgehead atoms. The highest BCUT2D eigenvalue weighted by atomic mass is 16.7. The Labute approximate surface area is 147 Å². The fourth-order valence-electron chi connectivity index (χ4n) is 2.59. The van der Waals surface area contributed by atoms with Crippen LogP contribution >= 0.6 is 0 Å². The molecular weight excluding hydrogens is 320 g/mol. The molecular formula is C17H24N6O2. The van der Waals surface area contributed by atoms with Crippen molar-refractivity contribution in [1.29, 1.82) is 0 Å². The number of aliphatic imine (C=N–C) groups is 1. The molecule has 1 aliphatic heterocycles. The first-order valence-electron chi connectivity index (χ1n) is 8.57. The van der Waals surface area contributed by atoms with Gasteiger partial charge in [0, 0.05) is 26.1 Å². The van der Waals surface area contributed by atoms with Gasteiger partial charge in [-0.05, 0) is 24.6 Å². The number of aryl methyl sites for hydroxylation is 1. The summed E-state index contributed by atoms with van der Waals surface area (Å²) in [7, 11) is 0. The number of guanidine groups is 1. The van der Waals surface area contributed by atoms with E-state index in [1.807, 2.05) is 25.1 Å². The number of aromatic nitrogens is 3. The fraction of sp³-hybridized carbons (Fsp3) is 0.471. The maximum atomic E-state index is 5.40. The van der Waals surface area contributed by atoms with Crippen LogP contribution in [0.3, 0.4) is 0 Å². The van der Waals surface area contributed by atoms with E-state index in [1.54, 1.807) is 6.33 Å². The number of fused-ring (bicyclic) bond motifs is 1. The summed E-state index contributed by atoms with van der Waals surface area (Å²) in [4.78, 5) is 4.63. The Hall–Kier alpha value is -2.77. The molecule has 0 fully saturated rings. The van der Waals surface area contributed by atoms with Crippen molar-refractivity contribution in [3.8, 4) is 11.5 Å². The van der Waals surface area contributed by atoms with Crippen LogP contribution in [0, 0.1) is 0 Å². The standard InChI is InChI=1S/C17H24N6O2/c1-3-16-22-21-11-23(16)8-7-19-17(18-4-2)20-10-13-5-6-14-15(9-13)25-12-24-14/h5-6,9,11H,3-4,7-8,10,12H2,1-2H3,(H2,18,19,20). The predicted molar refractivity (Wildman–Crippen MR) is 94.8 cm³/mol. The summed E-state index contributed by atoms with van der Waals surface area (Å²) in [6.07, 6.45) is 2.63. The molecule has 1 aromatic heterocycles. The lowest BCUT2D eigenvalue weighted by molar-refractivity contribution is 0.174. The summed E-state index contributed by atoms with van der Waals surface area (Å²) >= 11 is 0. The molecule has 8 heteroatoms. The molecule has 1 aromatic carbocycles. The van der Waals surface area contributed by atoms with Crippen LogP contribution in [-0.2, 0) is 19.5 Å². The predicted octanol–water partition coefficient (Wildman–Crippen LogP) is 1.32. The van der Waals surface area contributed by atoms with E-state index >= 15 is 0 Å². The molecule has 0 radical (unpaired) electrons. The molecule has 2 heterocycles. The lowest BCUT2D eigenvalue weighted by Crippen LogP contribution is -2.38. The molecule has 0 spiro atoms. The molecule has 2 aromatic rings. The van der Waals surface area contributed by atoms with Crippen LogP contribution in [0.5, 0.6) is 11.5 Å². The summed E-state index contributed by atoms with van der Waals surface area (Å²) < 4.78 is 12.8. The van der Waals surface area contributed by atoms with E-state index in [4.69, 9.17) is 9.47 Å². The molecule has 0 unspecified atom stereocenters. The fourth-order valence-corrected chi connectivity index (χ4v) is 2.59. The monoisotopic (exact) mass is 344 g/mol. The van der Waals surface area contributed by atoms with Crippen LogP contribution in [0.1, 0.15) is 25.2 Å². The first-order chi connectivity index (χ1) is 12.3. The Kier molecular flexibility index (Phi) is 5.71. The molecule has 8 nitrogen and oxygen atoms in total. The van der Waals surface area contributed by atoms with Gasteiger partial charge in [-0.25, -0.2) is 4.99 Å². The molecule has 25 heavy (non-hydrogen) atoms. The van der Waals surface area contributed by atoms with E-state index in [0.717, 1.165) is 54.9 Å². The largest absolute Gasteiger partial charge is 0.454 e. The number of ether oxygens (including phenoxy) is 2. The van der Waals surface area contributed by atoms with Crippen molar-refractivity contribution in [1.82, 2.24) is 25.4 Å². The van der Waals surface area contributed by atoms with Gasteiger partial charge in [0.15, 0.2) is 17.5 Å². The van der Waals surface area contributed by atoms with Crippen molar-refractivity contribution >= 4 is 5.96 Å². The second kappa shape index (κ2) is 8.36. The van der Waals surface area contributed by atoms with E-state index < -0.39 is 0 Å². The third kappa shape index (κ3) is 4.40. The zero-order valence-corrected chi connectivity index (χ0v) is 14.7. The average molecular weight is 344 g/mol. The van der Waals surface area contributed by atoms with E-state index in [-0.39, 0.29) is 6.79 Å². The Morgan fingerprint density at radius 1 is 1.24 bits per heavy atom. The van der Waals surface area contributed by atoms with Crippen LogP contribution < -0.4 is 20.1 Å². The lowest BCUT2D eigenvalue weighted by Gasteiger charge is -2.12. The number of benzene rings is 1. The number of nitrogens with zero attached hydrogens (tertiary/aromatic N) is 4. The Morgan fingerprint density at radius 2 is 2.12 bits per heavy atom. The SMILES string of the molecule is CCNC(=NCc1ccc2c(c1)OCO2)NCCn1cnnc1CC. The van der Waals surface area contributed by atoms with E-state index in [0.29, 0.717) is 6.54 Å². The normalized spacial score (nSPS) is 13.1. The molecule has 3 rings (SSSR count). The Bertz CT molecular complexity index is 728. The van der Waals surface area contributed by atoms with Crippen LogP contribution in [0.25, 0.3) is 0 Å². The van der Waals surface area contributed by atoms with Crippen molar-refractivity contribution in [2.24, 2.45) is 4.99 Å². The zero-order valence-electron chi connectivity index (χ0n) is 14.7. The van der Waals surface area contributed by atoms with Gasteiger partial charge in [-0.1, -0.05) is 13.0 Å². The van der Waals surface area contributed by atoms with Crippen molar-refractivity contribution < 1.29 is 9.47 Å². The molecule has 0 aliphatic carbocycles. The third-order valence-electron chi connectivity index (χ3n) is 3.86.